The molecule has 0 spiro atoms. The molecule has 0 radical (unpaired) electrons. The van der Waals surface area contributed by atoms with Gasteiger partial charge in [-0.05, 0) is 42.3 Å². The van der Waals surface area contributed by atoms with Gasteiger partial charge < -0.3 is 19.5 Å². The standard InChI is InChI=1S/C29H33FN2O4.ClH/c1-35-29-10-6-5-9-26(29)32-17-15-31(16-18-32)20-24(33)21-36-28-14-12-23(30)19-25(28)27(34)13-11-22-7-3-2-4-8-22;/h2-10,12,14,19,24,33H,11,13,15-18,20-21H2,1H3;1H. The van der Waals surface area contributed by atoms with Crippen LogP contribution < -0.4 is 14.4 Å². The molecule has 0 saturated carbocycles. The van der Waals surface area contributed by atoms with Crippen molar-refractivity contribution in [3.63, 3.8) is 0 Å². The average Bonchev–Trinajstić information content (AvgIpc) is 2.92. The normalized spacial score (nSPS) is 14.5. The number of piperazine rings is 1. The van der Waals surface area contributed by atoms with Crippen molar-refractivity contribution in [3.05, 3.63) is 89.7 Å². The number of nitrogens with zero attached hydrogens (tertiary/aromatic N) is 2. The third-order valence-electron chi connectivity index (χ3n) is 6.42. The molecule has 1 aliphatic heterocycles. The first kappa shape index (κ1) is 28.4. The van der Waals surface area contributed by atoms with E-state index in [4.69, 9.17) is 9.47 Å². The molecule has 1 heterocycles. The number of methoxy groups -OCH3 is 1. The Hall–Kier alpha value is -3.13. The fraction of sp³-hybridized carbons (Fsp3) is 0.345. The van der Waals surface area contributed by atoms with E-state index >= 15 is 0 Å². The zero-order valence-electron chi connectivity index (χ0n) is 21.0. The molecular formula is C29H34ClFN2O4. The van der Waals surface area contributed by atoms with Crippen molar-refractivity contribution in [3.8, 4) is 11.5 Å². The summed E-state index contributed by atoms with van der Waals surface area (Å²) in [4.78, 5) is 17.3. The van der Waals surface area contributed by atoms with Crippen LogP contribution in [-0.4, -0.2) is 68.3 Å². The van der Waals surface area contributed by atoms with Crippen LogP contribution in [0.1, 0.15) is 22.3 Å². The van der Waals surface area contributed by atoms with Gasteiger partial charge in [0.1, 0.15) is 30.0 Å². The van der Waals surface area contributed by atoms with Crippen LogP contribution in [0.4, 0.5) is 10.1 Å². The molecule has 4 rings (SSSR count). The molecule has 0 bridgehead atoms. The Kier molecular flexibility index (Phi) is 10.7. The zero-order valence-corrected chi connectivity index (χ0v) is 21.8. The molecule has 6 nitrogen and oxygen atoms in total. The van der Waals surface area contributed by atoms with Crippen molar-refractivity contribution in [2.45, 2.75) is 18.9 Å². The largest absolute Gasteiger partial charge is 0.495 e. The van der Waals surface area contributed by atoms with Gasteiger partial charge in [0.25, 0.3) is 0 Å². The lowest BCUT2D eigenvalue weighted by molar-refractivity contribution is 0.0655. The number of ketones is 1. The van der Waals surface area contributed by atoms with Crippen LogP contribution in [-0.2, 0) is 6.42 Å². The molecule has 3 aromatic carbocycles. The number of β-amino-alcohol motifs (C(OH)–C–C–N with tert-alkyl or cyclic N) is 1. The van der Waals surface area contributed by atoms with E-state index in [-0.39, 0.29) is 36.8 Å². The van der Waals surface area contributed by atoms with Gasteiger partial charge in [0.05, 0.1) is 18.4 Å². The number of ether oxygens (including phenoxy) is 2. The first-order valence-electron chi connectivity index (χ1n) is 12.3. The Morgan fingerprint density at radius 3 is 2.41 bits per heavy atom. The van der Waals surface area contributed by atoms with E-state index in [1.54, 1.807) is 7.11 Å². The number of aliphatic hydroxyl groups excluding tert-OH is 1. The van der Waals surface area contributed by atoms with Gasteiger partial charge in [0.15, 0.2) is 5.78 Å². The minimum Gasteiger partial charge on any atom is -0.495 e. The Labute approximate surface area is 224 Å². The number of carbonyl (C=O) groups is 1. The van der Waals surface area contributed by atoms with Crippen LogP contribution in [0.25, 0.3) is 0 Å². The number of aryl methyl sites for hydroxylation is 1. The van der Waals surface area contributed by atoms with E-state index in [9.17, 15) is 14.3 Å². The molecule has 8 heteroatoms. The maximum atomic E-state index is 13.9. The molecule has 1 unspecified atom stereocenters. The van der Waals surface area contributed by atoms with Crippen molar-refractivity contribution in [1.82, 2.24) is 4.90 Å². The lowest BCUT2D eigenvalue weighted by atomic mass is 10.0. The summed E-state index contributed by atoms with van der Waals surface area (Å²) in [6.07, 6.45) is 0.0854. The second-order valence-corrected chi connectivity index (χ2v) is 8.97. The maximum Gasteiger partial charge on any atom is 0.167 e. The van der Waals surface area contributed by atoms with E-state index in [0.29, 0.717) is 18.7 Å². The van der Waals surface area contributed by atoms with Gasteiger partial charge in [-0.3, -0.25) is 9.69 Å². The highest BCUT2D eigenvalue weighted by Crippen LogP contribution is 2.28. The lowest BCUT2D eigenvalue weighted by Crippen LogP contribution is -2.49. The molecule has 0 aliphatic carbocycles. The number of hydrogen-bond donors (Lipinski definition) is 1. The molecular weight excluding hydrogens is 495 g/mol. The van der Waals surface area contributed by atoms with E-state index < -0.39 is 11.9 Å². The van der Waals surface area contributed by atoms with Gasteiger partial charge in [-0.2, -0.15) is 0 Å². The molecule has 1 aliphatic rings. The lowest BCUT2D eigenvalue weighted by Gasteiger charge is -2.37. The Morgan fingerprint density at radius 2 is 1.68 bits per heavy atom. The molecule has 198 valence electrons. The summed E-state index contributed by atoms with van der Waals surface area (Å²) >= 11 is 0. The van der Waals surface area contributed by atoms with Crippen LogP contribution in [0.5, 0.6) is 11.5 Å². The Bertz CT molecular complexity index is 1140. The van der Waals surface area contributed by atoms with Gasteiger partial charge in [-0.25, -0.2) is 4.39 Å². The van der Waals surface area contributed by atoms with Crippen molar-refractivity contribution < 1.29 is 23.8 Å². The summed E-state index contributed by atoms with van der Waals surface area (Å²) in [6, 6.07) is 21.6. The van der Waals surface area contributed by atoms with Gasteiger partial charge >= 0.3 is 0 Å². The predicted octanol–water partition coefficient (Wildman–Crippen LogP) is 4.63. The van der Waals surface area contributed by atoms with Crippen LogP contribution in [0, 0.1) is 5.82 Å². The highest BCUT2D eigenvalue weighted by Gasteiger charge is 2.22. The zero-order chi connectivity index (χ0) is 25.3. The minimum atomic E-state index is -0.736. The van der Waals surface area contributed by atoms with Crippen LogP contribution in [0.2, 0.25) is 0 Å². The number of Topliss-reactive ketones (excluding diaryl/α,β-unsaturated/α-hetero) is 1. The second kappa shape index (κ2) is 14.0. The van der Waals surface area contributed by atoms with Crippen LogP contribution in [0.3, 0.4) is 0 Å². The Morgan fingerprint density at radius 1 is 0.973 bits per heavy atom. The molecule has 37 heavy (non-hydrogen) atoms. The molecule has 1 N–H and O–H groups in total. The highest BCUT2D eigenvalue weighted by atomic mass is 35.5. The number of halogens is 2. The third kappa shape index (κ3) is 7.92. The van der Waals surface area contributed by atoms with Gasteiger partial charge in [-0.1, -0.05) is 42.5 Å². The van der Waals surface area contributed by atoms with Crippen molar-refractivity contribution in [1.29, 1.82) is 0 Å². The molecule has 3 aromatic rings. The fourth-order valence-corrected chi connectivity index (χ4v) is 4.48. The molecule has 0 aromatic heterocycles. The summed E-state index contributed by atoms with van der Waals surface area (Å²) in [7, 11) is 1.68. The molecule has 1 atom stereocenters. The van der Waals surface area contributed by atoms with E-state index in [0.717, 1.165) is 43.2 Å². The summed E-state index contributed by atoms with van der Waals surface area (Å²) < 4.78 is 25.2. The van der Waals surface area contributed by atoms with Crippen LogP contribution >= 0.6 is 12.4 Å². The van der Waals surface area contributed by atoms with Crippen LogP contribution in [0.15, 0.2) is 72.8 Å². The van der Waals surface area contributed by atoms with Crippen molar-refractivity contribution >= 4 is 23.9 Å². The topological polar surface area (TPSA) is 62.2 Å². The van der Waals surface area contributed by atoms with E-state index in [2.05, 4.69) is 15.9 Å². The number of aliphatic hydroxyl groups is 1. The second-order valence-electron chi connectivity index (χ2n) is 8.97. The van der Waals surface area contributed by atoms with Crippen molar-refractivity contribution in [2.75, 3.05) is 51.3 Å². The Balaban J connectivity index is 0.00000380. The molecule has 0 amide bonds. The third-order valence-corrected chi connectivity index (χ3v) is 6.42. The summed E-state index contributed by atoms with van der Waals surface area (Å²) in [5, 5.41) is 10.6. The SMILES string of the molecule is COc1ccccc1N1CCN(CC(O)COc2ccc(F)cc2C(=O)CCc2ccccc2)CC1.Cl. The molecule has 1 fully saturated rings. The number of rotatable bonds is 11. The number of para-hydroxylation sites is 2. The fourth-order valence-electron chi connectivity index (χ4n) is 4.48. The maximum absolute atomic E-state index is 13.9. The first-order valence-corrected chi connectivity index (χ1v) is 12.3. The van der Waals surface area contributed by atoms with Gasteiger partial charge in [0.2, 0.25) is 0 Å². The predicted molar refractivity (Wildman–Crippen MR) is 146 cm³/mol. The quantitative estimate of drug-likeness (QED) is 0.366. The van der Waals surface area contributed by atoms with Gasteiger partial charge in [-0.15, -0.1) is 12.4 Å². The summed E-state index contributed by atoms with van der Waals surface area (Å²) in [5.74, 6) is 0.483. The number of benzene rings is 3. The minimum absolute atomic E-state index is 0. The number of anilines is 1. The first-order chi connectivity index (χ1) is 17.5. The van der Waals surface area contributed by atoms with E-state index in [1.807, 2.05) is 48.5 Å². The molecule has 1 saturated heterocycles. The summed E-state index contributed by atoms with van der Waals surface area (Å²) in [6.45, 7) is 3.73. The van der Waals surface area contributed by atoms with Crippen molar-refractivity contribution in [2.24, 2.45) is 0 Å². The monoisotopic (exact) mass is 528 g/mol. The number of hydrogen-bond acceptors (Lipinski definition) is 6. The average molecular weight is 529 g/mol. The summed E-state index contributed by atoms with van der Waals surface area (Å²) in [5.41, 5.74) is 2.33. The smallest absolute Gasteiger partial charge is 0.167 e. The highest BCUT2D eigenvalue weighted by molar-refractivity contribution is 5.98. The number of carbonyl (C=O) groups excluding carboxylic acids is 1. The van der Waals surface area contributed by atoms with Gasteiger partial charge in [0, 0.05) is 39.1 Å². The van der Waals surface area contributed by atoms with E-state index in [1.165, 1.54) is 18.2 Å².